The number of amides is 2. The van der Waals surface area contributed by atoms with Gasteiger partial charge in [0, 0.05) is 31.7 Å². The van der Waals surface area contributed by atoms with Crippen LogP contribution in [0.3, 0.4) is 0 Å². The third-order valence-electron chi connectivity index (χ3n) is 3.47. The Hall–Kier alpha value is -1.30. The van der Waals surface area contributed by atoms with Crippen molar-refractivity contribution in [3.63, 3.8) is 0 Å². The van der Waals surface area contributed by atoms with Gasteiger partial charge in [0.15, 0.2) is 0 Å². The molecule has 0 bridgehead atoms. The molecule has 1 heterocycles. The summed E-state index contributed by atoms with van der Waals surface area (Å²) in [4.78, 5) is 25.2. The molecule has 2 unspecified atom stereocenters. The zero-order valence-electron chi connectivity index (χ0n) is 12.6. The molecule has 1 rings (SSSR count). The Balaban J connectivity index is 2.64. The second kappa shape index (κ2) is 8.09. The minimum atomic E-state index is -0.348. The number of carbonyl (C=O) groups excluding carboxylic acids is 2. The summed E-state index contributed by atoms with van der Waals surface area (Å²) in [6.07, 6.45) is 1.07. The molecular weight excluding hydrogens is 260 g/mol. The van der Waals surface area contributed by atoms with Crippen LogP contribution in [0.4, 0.5) is 4.79 Å². The molecular formula is C14H26N2O4. The first-order valence-corrected chi connectivity index (χ1v) is 7.30. The molecule has 0 aliphatic carbocycles. The predicted molar refractivity (Wildman–Crippen MR) is 75.2 cm³/mol. The number of hydrogen-bond donors (Lipinski definition) is 2. The second-order valence-electron chi connectivity index (χ2n) is 5.58. The first-order chi connectivity index (χ1) is 9.47. The van der Waals surface area contributed by atoms with Crippen LogP contribution in [-0.4, -0.2) is 54.4 Å². The number of aliphatic hydroxyl groups excluding tert-OH is 1. The van der Waals surface area contributed by atoms with Crippen molar-refractivity contribution in [1.82, 2.24) is 10.2 Å². The number of aliphatic hydroxyl groups is 1. The van der Waals surface area contributed by atoms with E-state index in [9.17, 15) is 9.59 Å². The van der Waals surface area contributed by atoms with Crippen molar-refractivity contribution in [3.05, 3.63) is 0 Å². The van der Waals surface area contributed by atoms with E-state index in [-0.39, 0.29) is 36.5 Å². The monoisotopic (exact) mass is 286 g/mol. The molecule has 2 N–H and O–H groups in total. The Labute approximate surface area is 120 Å². The van der Waals surface area contributed by atoms with Crippen molar-refractivity contribution < 1.29 is 19.4 Å². The van der Waals surface area contributed by atoms with Gasteiger partial charge in [-0.3, -0.25) is 4.79 Å². The lowest BCUT2D eigenvalue weighted by molar-refractivity contribution is -0.125. The number of ether oxygens (including phenoxy) is 1. The quantitative estimate of drug-likeness (QED) is 0.790. The molecule has 0 radical (unpaired) electrons. The summed E-state index contributed by atoms with van der Waals surface area (Å²) in [6.45, 7) is 6.92. The molecule has 1 aliphatic rings. The molecule has 1 aliphatic heterocycles. The van der Waals surface area contributed by atoms with E-state index >= 15 is 0 Å². The van der Waals surface area contributed by atoms with Gasteiger partial charge in [-0.25, -0.2) is 4.79 Å². The fourth-order valence-corrected chi connectivity index (χ4v) is 2.43. The van der Waals surface area contributed by atoms with Crippen LogP contribution in [0.15, 0.2) is 0 Å². The van der Waals surface area contributed by atoms with Gasteiger partial charge in [-0.15, -0.1) is 0 Å². The third kappa shape index (κ3) is 5.00. The number of nitrogens with one attached hydrogen (secondary N) is 1. The first kappa shape index (κ1) is 16.8. The smallest absolute Gasteiger partial charge is 0.409 e. The van der Waals surface area contributed by atoms with Crippen molar-refractivity contribution in [2.45, 2.75) is 39.7 Å². The minimum Gasteiger partial charge on any atom is -0.450 e. The fourth-order valence-electron chi connectivity index (χ4n) is 2.43. The lowest BCUT2D eigenvalue weighted by atomic mass is 9.91. The average molecular weight is 286 g/mol. The number of likely N-dealkylation sites (tertiary alicyclic amines) is 1. The lowest BCUT2D eigenvalue weighted by Gasteiger charge is -2.37. The normalized spacial score (nSPS) is 22.8. The predicted octanol–water partition coefficient (Wildman–Crippen LogP) is 0.988. The molecule has 1 saturated heterocycles. The second-order valence-corrected chi connectivity index (χ2v) is 5.58. The summed E-state index contributed by atoms with van der Waals surface area (Å²) < 4.78 is 5.02. The molecule has 20 heavy (non-hydrogen) atoms. The van der Waals surface area contributed by atoms with Gasteiger partial charge < -0.3 is 20.1 Å². The largest absolute Gasteiger partial charge is 0.450 e. The van der Waals surface area contributed by atoms with Crippen LogP contribution in [0.1, 0.15) is 33.6 Å². The van der Waals surface area contributed by atoms with Gasteiger partial charge >= 0.3 is 6.09 Å². The Morgan fingerprint density at radius 2 is 2.10 bits per heavy atom. The maximum absolute atomic E-state index is 11.8. The van der Waals surface area contributed by atoms with E-state index in [1.165, 1.54) is 0 Å². The van der Waals surface area contributed by atoms with Gasteiger partial charge in [0.1, 0.15) is 0 Å². The van der Waals surface area contributed by atoms with E-state index in [0.29, 0.717) is 26.1 Å². The highest BCUT2D eigenvalue weighted by Crippen LogP contribution is 2.21. The van der Waals surface area contributed by atoms with Gasteiger partial charge in [-0.05, 0) is 25.7 Å². The Kier molecular flexibility index (Phi) is 6.78. The van der Waals surface area contributed by atoms with Crippen LogP contribution in [0.2, 0.25) is 0 Å². The van der Waals surface area contributed by atoms with Gasteiger partial charge in [0.2, 0.25) is 5.91 Å². The van der Waals surface area contributed by atoms with Gasteiger partial charge in [-0.1, -0.05) is 13.8 Å². The third-order valence-corrected chi connectivity index (χ3v) is 3.47. The Bertz CT molecular complexity index is 333. The zero-order chi connectivity index (χ0) is 15.1. The molecule has 0 aromatic heterocycles. The van der Waals surface area contributed by atoms with Crippen LogP contribution in [0.5, 0.6) is 0 Å². The topological polar surface area (TPSA) is 78.9 Å². The minimum absolute atomic E-state index is 0.0107. The summed E-state index contributed by atoms with van der Waals surface area (Å²) in [5.74, 6) is 0.100. The van der Waals surface area contributed by atoms with Crippen LogP contribution in [-0.2, 0) is 9.53 Å². The molecule has 6 nitrogen and oxygen atoms in total. The molecule has 116 valence electrons. The van der Waals surface area contributed by atoms with E-state index < -0.39 is 0 Å². The van der Waals surface area contributed by atoms with Crippen LogP contribution in [0, 0.1) is 11.8 Å². The molecule has 0 spiro atoms. The molecule has 2 amide bonds. The Morgan fingerprint density at radius 1 is 1.40 bits per heavy atom. The van der Waals surface area contributed by atoms with Crippen molar-refractivity contribution >= 4 is 12.0 Å². The van der Waals surface area contributed by atoms with Crippen molar-refractivity contribution in [2.24, 2.45) is 11.8 Å². The van der Waals surface area contributed by atoms with Gasteiger partial charge in [-0.2, -0.15) is 0 Å². The fraction of sp³-hybridized carbons (Fsp3) is 0.857. The van der Waals surface area contributed by atoms with Crippen LogP contribution >= 0.6 is 0 Å². The SMILES string of the molecule is CCOC(=O)N1CC(CCO)CC(NC(=O)C(C)C)C1. The molecule has 1 fully saturated rings. The van der Waals surface area contributed by atoms with E-state index in [4.69, 9.17) is 9.84 Å². The van der Waals surface area contributed by atoms with E-state index in [2.05, 4.69) is 5.32 Å². The number of rotatable bonds is 5. The number of piperidine rings is 1. The zero-order valence-corrected chi connectivity index (χ0v) is 12.6. The highest BCUT2D eigenvalue weighted by Gasteiger charge is 2.31. The number of nitrogens with zero attached hydrogens (tertiary/aromatic N) is 1. The number of carbonyl (C=O) groups is 2. The van der Waals surface area contributed by atoms with Crippen molar-refractivity contribution in [1.29, 1.82) is 0 Å². The van der Waals surface area contributed by atoms with Gasteiger partial charge in [0.05, 0.1) is 6.61 Å². The van der Waals surface area contributed by atoms with Crippen molar-refractivity contribution in [2.75, 3.05) is 26.3 Å². The van der Waals surface area contributed by atoms with E-state index in [1.54, 1.807) is 11.8 Å². The maximum Gasteiger partial charge on any atom is 0.409 e. The first-order valence-electron chi connectivity index (χ1n) is 7.30. The molecule has 0 aromatic rings. The van der Waals surface area contributed by atoms with E-state index in [1.807, 2.05) is 13.8 Å². The summed E-state index contributed by atoms with van der Waals surface area (Å²) in [7, 11) is 0. The average Bonchev–Trinajstić information content (AvgIpc) is 2.39. The lowest BCUT2D eigenvalue weighted by Crippen LogP contribution is -2.53. The molecule has 0 saturated carbocycles. The molecule has 2 atom stereocenters. The highest BCUT2D eigenvalue weighted by molar-refractivity contribution is 5.78. The maximum atomic E-state index is 11.8. The van der Waals surface area contributed by atoms with Crippen LogP contribution in [0.25, 0.3) is 0 Å². The number of hydrogen-bond acceptors (Lipinski definition) is 4. The summed E-state index contributed by atoms with van der Waals surface area (Å²) in [5.41, 5.74) is 0. The van der Waals surface area contributed by atoms with Crippen molar-refractivity contribution in [3.8, 4) is 0 Å². The van der Waals surface area contributed by atoms with Gasteiger partial charge in [0.25, 0.3) is 0 Å². The molecule has 6 heteroatoms. The standard InChI is InChI=1S/C14H26N2O4/c1-4-20-14(19)16-8-11(5-6-17)7-12(9-16)15-13(18)10(2)3/h10-12,17H,4-9H2,1-3H3,(H,15,18). The highest BCUT2D eigenvalue weighted by atomic mass is 16.6. The van der Waals surface area contributed by atoms with E-state index in [0.717, 1.165) is 6.42 Å². The Morgan fingerprint density at radius 3 is 2.65 bits per heavy atom. The summed E-state index contributed by atoms with van der Waals surface area (Å²) >= 11 is 0. The molecule has 0 aromatic carbocycles. The van der Waals surface area contributed by atoms with Crippen LogP contribution < -0.4 is 5.32 Å². The summed E-state index contributed by atoms with van der Waals surface area (Å²) in [6, 6.07) is -0.0698. The summed E-state index contributed by atoms with van der Waals surface area (Å²) in [5, 5.41) is 12.0.